The quantitative estimate of drug-likeness (QED) is 0.459. The number of hydrogen-bond donors (Lipinski definition) is 3. The Labute approximate surface area is 207 Å². The van der Waals surface area contributed by atoms with Crippen LogP contribution in [0.2, 0.25) is 0 Å². The Kier molecular flexibility index (Phi) is 7.19. The summed E-state index contributed by atoms with van der Waals surface area (Å²) in [7, 11) is 1.63. The molecule has 184 valence electrons. The average molecular weight is 498 g/mol. The van der Waals surface area contributed by atoms with Crippen LogP contribution in [0.5, 0.6) is 5.75 Å². The monoisotopic (exact) mass is 497 g/mol. The molecule has 2 aromatic carbocycles. The molecule has 2 aliphatic rings. The SMILES string of the molecule is COc1ccc2nccc(CC(O)C3CCC(NCc4cc5c(cc4F)SCC(=O)N5)CO3)c2c1. The number of carbonyl (C=O) groups is 1. The highest BCUT2D eigenvalue weighted by Crippen LogP contribution is 2.33. The number of aliphatic hydroxyl groups is 1. The highest BCUT2D eigenvalue weighted by Gasteiger charge is 2.28. The summed E-state index contributed by atoms with van der Waals surface area (Å²) in [5, 5.41) is 18.0. The van der Waals surface area contributed by atoms with Crippen molar-refractivity contribution in [2.75, 3.05) is 24.8 Å². The van der Waals surface area contributed by atoms with Crippen molar-refractivity contribution < 1.29 is 23.8 Å². The van der Waals surface area contributed by atoms with Gasteiger partial charge >= 0.3 is 0 Å². The van der Waals surface area contributed by atoms with E-state index >= 15 is 0 Å². The van der Waals surface area contributed by atoms with Crippen LogP contribution in [0.3, 0.4) is 0 Å². The first-order chi connectivity index (χ1) is 17.0. The van der Waals surface area contributed by atoms with Gasteiger partial charge in [0.15, 0.2) is 0 Å². The van der Waals surface area contributed by atoms with Gasteiger partial charge in [-0.15, -0.1) is 11.8 Å². The zero-order valence-electron chi connectivity index (χ0n) is 19.4. The molecule has 1 aromatic heterocycles. The third kappa shape index (κ3) is 5.43. The number of rotatable bonds is 7. The molecule has 3 N–H and O–H groups in total. The molecule has 3 heterocycles. The number of anilines is 1. The fourth-order valence-electron chi connectivity index (χ4n) is 4.62. The summed E-state index contributed by atoms with van der Waals surface area (Å²) in [5.41, 5.74) is 3.03. The lowest BCUT2D eigenvalue weighted by Gasteiger charge is -2.32. The first-order valence-electron chi connectivity index (χ1n) is 11.7. The van der Waals surface area contributed by atoms with Crippen molar-refractivity contribution in [1.82, 2.24) is 10.3 Å². The fraction of sp³-hybridized carbons (Fsp3) is 0.385. The second-order valence-electron chi connectivity index (χ2n) is 8.93. The van der Waals surface area contributed by atoms with Gasteiger partial charge < -0.3 is 25.2 Å². The number of fused-ring (bicyclic) bond motifs is 2. The van der Waals surface area contributed by atoms with Crippen LogP contribution >= 0.6 is 11.8 Å². The van der Waals surface area contributed by atoms with Crippen LogP contribution in [-0.4, -0.2) is 53.7 Å². The van der Waals surface area contributed by atoms with Crippen molar-refractivity contribution in [2.45, 2.75) is 49.0 Å². The normalized spacial score (nSPS) is 20.8. The van der Waals surface area contributed by atoms with Crippen molar-refractivity contribution >= 4 is 34.3 Å². The fourth-order valence-corrected chi connectivity index (χ4v) is 5.43. The van der Waals surface area contributed by atoms with Crippen LogP contribution in [0.1, 0.15) is 24.0 Å². The van der Waals surface area contributed by atoms with Crippen LogP contribution in [-0.2, 0) is 22.5 Å². The molecule has 0 aliphatic carbocycles. The second-order valence-corrected chi connectivity index (χ2v) is 9.95. The van der Waals surface area contributed by atoms with E-state index in [0.717, 1.165) is 33.5 Å². The number of ether oxygens (including phenoxy) is 2. The molecule has 1 fully saturated rings. The molecular formula is C26H28FN3O4S. The summed E-state index contributed by atoms with van der Waals surface area (Å²) < 4.78 is 25.9. The molecule has 0 saturated carbocycles. The van der Waals surface area contributed by atoms with E-state index in [2.05, 4.69) is 15.6 Å². The number of pyridine rings is 1. The van der Waals surface area contributed by atoms with E-state index in [1.165, 1.54) is 17.8 Å². The summed E-state index contributed by atoms with van der Waals surface area (Å²) >= 11 is 1.35. The maximum absolute atomic E-state index is 14.5. The zero-order valence-corrected chi connectivity index (χ0v) is 20.2. The number of aromatic nitrogens is 1. The van der Waals surface area contributed by atoms with Crippen molar-refractivity contribution in [1.29, 1.82) is 0 Å². The van der Waals surface area contributed by atoms with Gasteiger partial charge in [0.2, 0.25) is 5.91 Å². The lowest BCUT2D eigenvalue weighted by atomic mass is 9.95. The summed E-state index contributed by atoms with van der Waals surface area (Å²) in [5.74, 6) is 0.700. The molecule has 9 heteroatoms. The van der Waals surface area contributed by atoms with Crippen molar-refractivity contribution in [3.63, 3.8) is 0 Å². The predicted molar refractivity (Wildman–Crippen MR) is 133 cm³/mol. The van der Waals surface area contributed by atoms with Gasteiger partial charge in [0.05, 0.1) is 42.9 Å². The van der Waals surface area contributed by atoms with Gasteiger partial charge in [0.25, 0.3) is 0 Å². The number of hydrogen-bond acceptors (Lipinski definition) is 7. The maximum atomic E-state index is 14.5. The second kappa shape index (κ2) is 10.5. The lowest BCUT2D eigenvalue weighted by molar-refractivity contribution is -0.113. The molecule has 1 amide bonds. The molecule has 1 saturated heterocycles. The molecule has 2 aliphatic heterocycles. The van der Waals surface area contributed by atoms with Crippen molar-refractivity contribution in [3.8, 4) is 5.75 Å². The molecule has 0 bridgehead atoms. The lowest BCUT2D eigenvalue weighted by Crippen LogP contribution is -2.44. The van der Waals surface area contributed by atoms with Gasteiger partial charge in [-0.25, -0.2) is 4.39 Å². The molecule has 5 rings (SSSR count). The van der Waals surface area contributed by atoms with Crippen molar-refractivity contribution in [2.24, 2.45) is 0 Å². The van der Waals surface area contributed by atoms with E-state index in [9.17, 15) is 14.3 Å². The summed E-state index contributed by atoms with van der Waals surface area (Å²) in [6.07, 6.45) is 2.80. The Morgan fingerprint density at radius 2 is 2.17 bits per heavy atom. The van der Waals surface area contributed by atoms with Crippen LogP contribution in [0.25, 0.3) is 10.9 Å². The number of aliphatic hydroxyl groups excluding tert-OH is 1. The minimum atomic E-state index is -0.646. The van der Waals surface area contributed by atoms with Gasteiger partial charge in [0, 0.05) is 41.0 Å². The number of amides is 1. The van der Waals surface area contributed by atoms with E-state index in [-0.39, 0.29) is 23.9 Å². The van der Waals surface area contributed by atoms with Crippen LogP contribution in [0.4, 0.5) is 10.1 Å². The Morgan fingerprint density at radius 3 is 2.97 bits per heavy atom. The van der Waals surface area contributed by atoms with Gasteiger partial charge in [-0.05, 0) is 54.8 Å². The van der Waals surface area contributed by atoms with Crippen LogP contribution in [0, 0.1) is 5.82 Å². The van der Waals surface area contributed by atoms with Crippen molar-refractivity contribution in [3.05, 3.63) is 59.5 Å². The smallest absolute Gasteiger partial charge is 0.234 e. The highest BCUT2D eigenvalue weighted by molar-refractivity contribution is 8.00. The standard InChI is InChI=1S/C26H28FN3O4S/c1-33-18-3-4-21-19(10-18)15(6-7-28-21)9-23(31)24-5-2-17(13-34-24)29-12-16-8-22-25(11-20(16)27)35-14-26(32)30-22/h3-4,6-8,10-11,17,23-24,29,31H,2,5,9,12-14H2,1H3,(H,30,32). The molecule has 35 heavy (non-hydrogen) atoms. The average Bonchev–Trinajstić information content (AvgIpc) is 2.88. The maximum Gasteiger partial charge on any atom is 0.234 e. The van der Waals surface area contributed by atoms with Crippen LogP contribution in [0.15, 0.2) is 47.5 Å². The minimum absolute atomic E-state index is 0.0591. The predicted octanol–water partition coefficient (Wildman–Crippen LogP) is 3.67. The van der Waals surface area contributed by atoms with E-state index in [1.807, 2.05) is 24.3 Å². The van der Waals surface area contributed by atoms with E-state index < -0.39 is 6.10 Å². The largest absolute Gasteiger partial charge is 0.497 e. The van der Waals surface area contributed by atoms with E-state index in [1.54, 1.807) is 19.4 Å². The number of methoxy groups -OCH3 is 1. The minimum Gasteiger partial charge on any atom is -0.497 e. The Morgan fingerprint density at radius 1 is 1.29 bits per heavy atom. The van der Waals surface area contributed by atoms with Gasteiger partial charge in [-0.1, -0.05) is 0 Å². The first kappa shape index (κ1) is 24.0. The Bertz CT molecular complexity index is 1230. The molecule has 3 aromatic rings. The number of thioether (sulfide) groups is 1. The molecule has 0 radical (unpaired) electrons. The third-order valence-corrected chi connectivity index (χ3v) is 7.63. The summed E-state index contributed by atoms with van der Waals surface area (Å²) in [6, 6.07) is 10.9. The van der Waals surface area contributed by atoms with E-state index in [0.29, 0.717) is 43.0 Å². The topological polar surface area (TPSA) is 92.7 Å². The van der Waals surface area contributed by atoms with Gasteiger partial charge in [0.1, 0.15) is 11.6 Å². The van der Waals surface area contributed by atoms with Gasteiger partial charge in [-0.2, -0.15) is 0 Å². The number of nitrogens with zero attached hydrogens (tertiary/aromatic N) is 1. The first-order valence-corrected chi connectivity index (χ1v) is 12.7. The molecule has 0 spiro atoms. The number of nitrogens with one attached hydrogen (secondary N) is 2. The summed E-state index contributed by atoms with van der Waals surface area (Å²) in [4.78, 5) is 16.8. The van der Waals surface area contributed by atoms with E-state index in [4.69, 9.17) is 9.47 Å². The van der Waals surface area contributed by atoms with Gasteiger partial charge in [-0.3, -0.25) is 9.78 Å². The number of carbonyl (C=O) groups excluding carboxylic acids is 1. The van der Waals surface area contributed by atoms with Crippen LogP contribution < -0.4 is 15.4 Å². The molecule has 3 unspecified atom stereocenters. The summed E-state index contributed by atoms with van der Waals surface area (Å²) in [6.45, 7) is 0.775. The molecular weight excluding hydrogens is 469 g/mol. The Balaban J connectivity index is 1.16. The highest BCUT2D eigenvalue weighted by atomic mass is 32.2. The zero-order chi connectivity index (χ0) is 24.4. The Hall–Kier alpha value is -2.72. The number of halogens is 1. The number of benzene rings is 2. The molecule has 7 nitrogen and oxygen atoms in total. The third-order valence-electron chi connectivity index (χ3n) is 6.57. The molecule has 3 atom stereocenters.